The third-order valence-electron chi connectivity index (χ3n) is 7.89. The lowest BCUT2D eigenvalue weighted by atomic mass is 9.92. The molecule has 43 heavy (non-hydrogen) atoms. The Hall–Kier alpha value is -3.55. The SMILES string of the molecule is CCCCCN(C(=O)C(Cc1ccc(O)cc1)NC(=O)OC(C)(C)C)C(C(=O)NC1CCCCC1)c1cc(C)ccc1C. The number of ether oxygens (including phenoxy) is 1. The predicted octanol–water partition coefficient (Wildman–Crippen LogP) is 6.65. The molecule has 3 N–H and O–H groups in total. The van der Waals surface area contributed by atoms with Crippen molar-refractivity contribution in [3.8, 4) is 5.75 Å². The molecular formula is C35H51N3O5. The summed E-state index contributed by atoms with van der Waals surface area (Å²) >= 11 is 0. The minimum Gasteiger partial charge on any atom is -0.508 e. The number of benzene rings is 2. The van der Waals surface area contributed by atoms with E-state index in [0.29, 0.717) is 6.54 Å². The van der Waals surface area contributed by atoms with E-state index in [1.54, 1.807) is 49.9 Å². The quantitative estimate of drug-likeness (QED) is 0.239. The molecule has 8 heteroatoms. The Morgan fingerprint density at radius 1 is 1.00 bits per heavy atom. The first-order chi connectivity index (χ1) is 20.4. The summed E-state index contributed by atoms with van der Waals surface area (Å²) in [4.78, 5) is 43.6. The first-order valence-corrected chi connectivity index (χ1v) is 15.8. The standard InChI is InChI=1S/C35H51N3O5/c1-7-8-12-21-38(31(29-22-24(2)15-16-25(29)3)32(40)36-27-13-10-9-11-14-27)33(41)30(37-34(42)43-35(4,5)6)23-26-17-19-28(39)20-18-26/h15-20,22,27,30-31,39H,7-14,21,23H2,1-6H3,(H,36,40)(H,37,42). The van der Waals surface area contributed by atoms with Crippen LogP contribution in [0.5, 0.6) is 5.75 Å². The van der Waals surface area contributed by atoms with Gasteiger partial charge in [-0.05, 0) is 82.7 Å². The van der Waals surface area contributed by atoms with Crippen molar-refractivity contribution in [2.24, 2.45) is 0 Å². The van der Waals surface area contributed by atoms with E-state index >= 15 is 0 Å². The van der Waals surface area contributed by atoms with Crippen LogP contribution in [-0.4, -0.2) is 52.1 Å². The number of nitrogens with one attached hydrogen (secondary N) is 2. The van der Waals surface area contributed by atoms with Crippen molar-refractivity contribution in [3.63, 3.8) is 0 Å². The summed E-state index contributed by atoms with van der Waals surface area (Å²) in [6.07, 6.45) is 7.23. The molecule has 0 heterocycles. The number of hydrogen-bond donors (Lipinski definition) is 3. The molecule has 8 nitrogen and oxygen atoms in total. The number of phenolic OH excluding ortho intramolecular Hbond substituents is 1. The van der Waals surface area contributed by atoms with Gasteiger partial charge in [0.05, 0.1) is 0 Å². The van der Waals surface area contributed by atoms with Gasteiger partial charge in [0.2, 0.25) is 11.8 Å². The number of phenols is 1. The highest BCUT2D eigenvalue weighted by Gasteiger charge is 2.37. The highest BCUT2D eigenvalue weighted by molar-refractivity contribution is 5.92. The molecule has 1 aliphatic carbocycles. The van der Waals surface area contributed by atoms with Crippen LogP contribution >= 0.6 is 0 Å². The number of aryl methyl sites for hydroxylation is 2. The molecule has 1 fully saturated rings. The van der Waals surface area contributed by atoms with Crippen LogP contribution in [0.25, 0.3) is 0 Å². The summed E-state index contributed by atoms with van der Waals surface area (Å²) in [7, 11) is 0. The lowest BCUT2D eigenvalue weighted by molar-refractivity contribution is -0.143. The maximum Gasteiger partial charge on any atom is 0.408 e. The first kappa shape index (κ1) is 33.9. The average Bonchev–Trinajstić information content (AvgIpc) is 2.94. The third kappa shape index (κ3) is 10.6. The van der Waals surface area contributed by atoms with Gasteiger partial charge in [0.1, 0.15) is 23.4 Å². The van der Waals surface area contributed by atoms with Crippen LogP contribution in [0, 0.1) is 13.8 Å². The molecule has 0 spiro atoms. The molecule has 0 aliphatic heterocycles. The molecule has 2 atom stereocenters. The molecule has 0 radical (unpaired) electrons. The molecule has 2 unspecified atom stereocenters. The molecule has 1 aliphatic rings. The Morgan fingerprint density at radius 3 is 2.30 bits per heavy atom. The van der Waals surface area contributed by atoms with E-state index in [1.807, 2.05) is 32.0 Å². The molecule has 236 valence electrons. The van der Waals surface area contributed by atoms with Crippen LogP contribution in [0.1, 0.15) is 107 Å². The number of hydrogen-bond acceptors (Lipinski definition) is 5. The van der Waals surface area contributed by atoms with Crippen LogP contribution in [0.2, 0.25) is 0 Å². The summed E-state index contributed by atoms with van der Waals surface area (Å²) in [6.45, 7) is 11.7. The normalized spacial score (nSPS) is 15.3. The summed E-state index contributed by atoms with van der Waals surface area (Å²) < 4.78 is 5.54. The fourth-order valence-electron chi connectivity index (χ4n) is 5.65. The molecule has 0 bridgehead atoms. The van der Waals surface area contributed by atoms with E-state index in [1.165, 1.54) is 6.42 Å². The molecule has 2 aromatic rings. The van der Waals surface area contributed by atoms with Crippen LogP contribution in [0.4, 0.5) is 4.79 Å². The van der Waals surface area contributed by atoms with Crippen molar-refractivity contribution in [2.45, 2.75) is 123 Å². The first-order valence-electron chi connectivity index (χ1n) is 15.8. The highest BCUT2D eigenvalue weighted by Crippen LogP contribution is 2.29. The number of nitrogens with zero attached hydrogens (tertiary/aromatic N) is 1. The van der Waals surface area contributed by atoms with E-state index in [4.69, 9.17) is 4.74 Å². The van der Waals surface area contributed by atoms with Crippen molar-refractivity contribution in [1.82, 2.24) is 15.5 Å². The molecule has 3 amide bonds. The van der Waals surface area contributed by atoms with Gasteiger partial charge in [-0.25, -0.2) is 4.79 Å². The van der Waals surface area contributed by atoms with Crippen molar-refractivity contribution >= 4 is 17.9 Å². The van der Waals surface area contributed by atoms with E-state index in [-0.39, 0.29) is 30.0 Å². The van der Waals surface area contributed by atoms with Crippen molar-refractivity contribution < 1.29 is 24.2 Å². The van der Waals surface area contributed by atoms with E-state index < -0.39 is 23.8 Å². The van der Waals surface area contributed by atoms with Crippen molar-refractivity contribution in [2.75, 3.05) is 6.54 Å². The predicted molar refractivity (Wildman–Crippen MR) is 170 cm³/mol. The zero-order chi connectivity index (χ0) is 31.6. The zero-order valence-electron chi connectivity index (χ0n) is 26.9. The number of alkyl carbamates (subject to hydrolysis) is 1. The molecule has 0 aromatic heterocycles. The van der Waals surface area contributed by atoms with Crippen LogP contribution in [-0.2, 0) is 20.7 Å². The Labute approximate surface area is 257 Å². The number of carbonyl (C=O) groups is 3. The smallest absolute Gasteiger partial charge is 0.408 e. The van der Waals surface area contributed by atoms with Gasteiger partial charge in [0.15, 0.2) is 0 Å². The van der Waals surface area contributed by atoms with Gasteiger partial charge in [0, 0.05) is 19.0 Å². The Balaban J connectivity index is 2.06. The number of aromatic hydroxyl groups is 1. The van der Waals surface area contributed by atoms with Crippen LogP contribution in [0.3, 0.4) is 0 Å². The van der Waals surface area contributed by atoms with Crippen molar-refractivity contribution in [1.29, 1.82) is 0 Å². The summed E-state index contributed by atoms with van der Waals surface area (Å²) in [5.74, 6) is -0.423. The molecule has 3 rings (SSSR count). The van der Waals surface area contributed by atoms with Crippen LogP contribution in [0.15, 0.2) is 42.5 Å². The maximum atomic E-state index is 14.6. The number of carbonyl (C=O) groups excluding carboxylic acids is 3. The Bertz CT molecular complexity index is 1210. The summed E-state index contributed by atoms with van der Waals surface area (Å²) in [5, 5.41) is 15.9. The maximum absolute atomic E-state index is 14.6. The highest BCUT2D eigenvalue weighted by atomic mass is 16.6. The minimum absolute atomic E-state index is 0.0779. The second kappa shape index (κ2) is 15.8. The second-order valence-electron chi connectivity index (χ2n) is 12.9. The van der Waals surface area contributed by atoms with E-state index in [2.05, 4.69) is 17.6 Å². The van der Waals surface area contributed by atoms with Gasteiger partial charge in [0.25, 0.3) is 0 Å². The molecule has 0 saturated heterocycles. The van der Waals surface area contributed by atoms with Gasteiger partial charge in [-0.3, -0.25) is 9.59 Å². The molecule has 2 aromatic carbocycles. The lowest BCUT2D eigenvalue weighted by Gasteiger charge is -2.36. The third-order valence-corrected chi connectivity index (χ3v) is 7.89. The molecular weight excluding hydrogens is 542 g/mol. The number of unbranched alkanes of at least 4 members (excludes halogenated alkanes) is 2. The zero-order valence-corrected chi connectivity index (χ0v) is 26.9. The number of rotatable bonds is 12. The fraction of sp³-hybridized carbons (Fsp3) is 0.571. The van der Waals surface area contributed by atoms with Gasteiger partial charge in [-0.15, -0.1) is 0 Å². The number of amides is 3. The fourth-order valence-corrected chi connectivity index (χ4v) is 5.65. The van der Waals surface area contributed by atoms with Crippen molar-refractivity contribution in [3.05, 3.63) is 64.7 Å². The van der Waals surface area contributed by atoms with Gasteiger partial charge in [-0.2, -0.15) is 0 Å². The summed E-state index contributed by atoms with van der Waals surface area (Å²) in [5.41, 5.74) is 2.73. The topological polar surface area (TPSA) is 108 Å². The summed E-state index contributed by atoms with van der Waals surface area (Å²) in [6, 6.07) is 10.8. The second-order valence-corrected chi connectivity index (χ2v) is 12.9. The van der Waals surface area contributed by atoms with E-state index in [0.717, 1.165) is 67.2 Å². The lowest BCUT2D eigenvalue weighted by Crippen LogP contribution is -2.55. The average molecular weight is 594 g/mol. The van der Waals surface area contributed by atoms with E-state index in [9.17, 15) is 19.5 Å². The largest absolute Gasteiger partial charge is 0.508 e. The monoisotopic (exact) mass is 593 g/mol. The van der Waals surface area contributed by atoms with Gasteiger partial charge in [-0.1, -0.05) is 74.9 Å². The van der Waals surface area contributed by atoms with Gasteiger partial charge < -0.3 is 25.4 Å². The molecule has 1 saturated carbocycles. The minimum atomic E-state index is -0.990. The van der Waals surface area contributed by atoms with Gasteiger partial charge >= 0.3 is 6.09 Å². The Morgan fingerprint density at radius 2 is 1.67 bits per heavy atom. The van der Waals surface area contributed by atoms with Crippen LogP contribution < -0.4 is 10.6 Å². The Kier molecular flexibility index (Phi) is 12.5.